The molecule has 4 unspecified atom stereocenters. The maximum Gasteiger partial charge on any atom is 0.322 e. The fourth-order valence-corrected chi connectivity index (χ4v) is 2.15. The largest absolute Gasteiger partial charge is 0.480 e. The number of carboxylic acids is 1. The third-order valence-electron chi connectivity index (χ3n) is 4.05. The van der Waals surface area contributed by atoms with Gasteiger partial charge in [0, 0.05) is 6.42 Å². The lowest BCUT2D eigenvalue weighted by Gasteiger charge is -2.26. The number of rotatable bonds is 13. The first-order valence-corrected chi connectivity index (χ1v) is 8.78. The summed E-state index contributed by atoms with van der Waals surface area (Å²) in [5, 5.41) is 24.6. The molecule has 160 valence electrons. The Morgan fingerprint density at radius 1 is 1.04 bits per heavy atom. The Hall–Kier alpha value is -2.73. The number of hydrogen-bond acceptors (Lipinski definition) is 7. The molecule has 0 aliphatic heterocycles. The van der Waals surface area contributed by atoms with E-state index < -0.39 is 60.9 Å². The summed E-state index contributed by atoms with van der Waals surface area (Å²) in [5.74, 6) is -4.57. The van der Waals surface area contributed by atoms with Gasteiger partial charge in [-0.3, -0.25) is 24.0 Å². The first kappa shape index (κ1) is 25.3. The minimum absolute atomic E-state index is 0.144. The Balaban J connectivity index is 5.30. The van der Waals surface area contributed by atoms with Crippen LogP contribution in [0.3, 0.4) is 0 Å². The lowest BCUT2D eigenvalue weighted by Crippen LogP contribution is -2.58. The molecule has 0 bridgehead atoms. The van der Waals surface area contributed by atoms with Gasteiger partial charge in [0.05, 0.1) is 6.61 Å². The molecule has 9 N–H and O–H groups in total. The van der Waals surface area contributed by atoms with E-state index in [1.807, 2.05) is 0 Å². The van der Waals surface area contributed by atoms with E-state index in [0.717, 1.165) is 0 Å². The van der Waals surface area contributed by atoms with E-state index in [1.54, 1.807) is 13.8 Å². The zero-order valence-electron chi connectivity index (χ0n) is 15.9. The van der Waals surface area contributed by atoms with E-state index in [0.29, 0.717) is 6.42 Å². The highest BCUT2D eigenvalue weighted by atomic mass is 16.4. The van der Waals surface area contributed by atoms with Gasteiger partial charge in [0.25, 0.3) is 0 Å². The van der Waals surface area contributed by atoms with Gasteiger partial charge in [-0.25, -0.2) is 0 Å². The number of aliphatic hydroxyl groups excluding tert-OH is 1. The molecular formula is C16H29N5O7. The molecule has 0 aliphatic rings. The molecule has 0 aliphatic carbocycles. The summed E-state index contributed by atoms with van der Waals surface area (Å²) in [6.07, 6.45) is 0.139. The van der Waals surface area contributed by atoms with Gasteiger partial charge in [-0.2, -0.15) is 0 Å². The summed E-state index contributed by atoms with van der Waals surface area (Å²) in [6.45, 7) is 2.20. The van der Waals surface area contributed by atoms with Gasteiger partial charge in [-0.05, 0) is 12.3 Å². The molecule has 12 heteroatoms. The molecule has 0 spiro atoms. The molecule has 0 radical (unpaired) electrons. The highest BCUT2D eigenvalue weighted by molar-refractivity contribution is 5.94. The number of amides is 4. The van der Waals surface area contributed by atoms with Crippen LogP contribution in [0, 0.1) is 5.92 Å². The van der Waals surface area contributed by atoms with Crippen LogP contribution in [0.5, 0.6) is 0 Å². The van der Waals surface area contributed by atoms with Crippen LogP contribution < -0.4 is 27.4 Å². The van der Waals surface area contributed by atoms with Gasteiger partial charge in [-0.15, -0.1) is 0 Å². The monoisotopic (exact) mass is 403 g/mol. The minimum atomic E-state index is -1.27. The van der Waals surface area contributed by atoms with Gasteiger partial charge >= 0.3 is 5.97 Å². The zero-order chi connectivity index (χ0) is 21.9. The Labute approximate surface area is 162 Å². The first-order chi connectivity index (χ1) is 13.0. The average Bonchev–Trinajstić information content (AvgIpc) is 2.65. The average molecular weight is 403 g/mol. The maximum absolute atomic E-state index is 12.6. The Kier molecular flexibility index (Phi) is 11.4. The van der Waals surface area contributed by atoms with Crippen LogP contribution in [0.15, 0.2) is 0 Å². The van der Waals surface area contributed by atoms with Crippen molar-refractivity contribution in [1.29, 1.82) is 0 Å². The van der Waals surface area contributed by atoms with Crippen molar-refractivity contribution in [1.82, 2.24) is 16.0 Å². The lowest BCUT2D eigenvalue weighted by molar-refractivity contribution is -0.139. The van der Waals surface area contributed by atoms with Crippen molar-refractivity contribution in [2.45, 2.75) is 51.2 Å². The molecule has 0 aromatic heterocycles. The van der Waals surface area contributed by atoms with Crippen LogP contribution in [0.1, 0.15) is 33.1 Å². The van der Waals surface area contributed by atoms with Gasteiger partial charge in [0.1, 0.15) is 24.7 Å². The molecular weight excluding hydrogens is 374 g/mol. The quantitative estimate of drug-likeness (QED) is 0.166. The van der Waals surface area contributed by atoms with Crippen LogP contribution in [-0.4, -0.2) is 71.1 Å². The number of aliphatic hydroxyl groups is 1. The van der Waals surface area contributed by atoms with Crippen molar-refractivity contribution in [2.75, 3.05) is 13.2 Å². The summed E-state index contributed by atoms with van der Waals surface area (Å²) in [5.41, 5.74) is 10.5. The molecule has 12 nitrogen and oxygen atoms in total. The molecule has 0 heterocycles. The second-order valence-electron chi connectivity index (χ2n) is 6.34. The second-order valence-corrected chi connectivity index (χ2v) is 6.34. The standard InChI is InChI=1S/C16H29N5O7/c1-3-8(2)13(16(28)19-6-12(24)25)21-15(27)10(4-5-11(18)23)20-14(26)9(17)7-22/h8-10,13,22H,3-7,17H2,1-2H3,(H2,18,23)(H,19,28)(H,20,26)(H,21,27)(H,24,25). The van der Waals surface area contributed by atoms with Crippen molar-refractivity contribution >= 4 is 29.6 Å². The number of aliphatic carboxylic acids is 1. The lowest BCUT2D eigenvalue weighted by atomic mass is 9.97. The fraction of sp³-hybridized carbons (Fsp3) is 0.688. The molecule has 0 rings (SSSR count). The molecule has 0 aromatic carbocycles. The van der Waals surface area contributed by atoms with Gasteiger partial charge in [-0.1, -0.05) is 20.3 Å². The van der Waals surface area contributed by atoms with Crippen molar-refractivity contribution < 1.29 is 34.2 Å². The Bertz CT molecular complexity index is 584. The Morgan fingerprint density at radius 3 is 2.11 bits per heavy atom. The normalized spacial score (nSPS) is 14.9. The van der Waals surface area contributed by atoms with E-state index in [1.165, 1.54) is 0 Å². The van der Waals surface area contributed by atoms with E-state index >= 15 is 0 Å². The maximum atomic E-state index is 12.6. The molecule has 0 fully saturated rings. The summed E-state index contributed by atoms with van der Waals surface area (Å²) in [6, 6.07) is -3.55. The van der Waals surface area contributed by atoms with Gasteiger partial charge < -0.3 is 37.6 Å². The number of hydrogen-bond donors (Lipinski definition) is 7. The number of carbonyl (C=O) groups is 5. The first-order valence-electron chi connectivity index (χ1n) is 8.78. The smallest absolute Gasteiger partial charge is 0.322 e. The number of primary amides is 1. The van der Waals surface area contributed by atoms with Crippen LogP contribution in [0.2, 0.25) is 0 Å². The van der Waals surface area contributed by atoms with E-state index in [2.05, 4.69) is 16.0 Å². The summed E-state index contributed by atoms with van der Waals surface area (Å²) >= 11 is 0. The predicted octanol–water partition coefficient (Wildman–Crippen LogP) is -3.21. The zero-order valence-corrected chi connectivity index (χ0v) is 15.9. The highest BCUT2D eigenvalue weighted by Crippen LogP contribution is 2.09. The SMILES string of the molecule is CCC(C)C(NC(=O)C(CCC(N)=O)NC(=O)C(N)CO)C(=O)NCC(=O)O. The molecule has 0 aromatic rings. The second kappa shape index (κ2) is 12.6. The Morgan fingerprint density at radius 2 is 1.64 bits per heavy atom. The third-order valence-corrected chi connectivity index (χ3v) is 4.05. The van der Waals surface area contributed by atoms with E-state index in [4.69, 9.17) is 21.7 Å². The van der Waals surface area contributed by atoms with Crippen LogP contribution in [0.25, 0.3) is 0 Å². The molecule has 0 saturated heterocycles. The van der Waals surface area contributed by atoms with Crippen LogP contribution in [0.4, 0.5) is 0 Å². The highest BCUT2D eigenvalue weighted by Gasteiger charge is 2.30. The van der Waals surface area contributed by atoms with Crippen LogP contribution in [-0.2, 0) is 24.0 Å². The number of carbonyl (C=O) groups excluding carboxylic acids is 4. The number of nitrogens with one attached hydrogen (secondary N) is 3. The molecule has 4 amide bonds. The van der Waals surface area contributed by atoms with Gasteiger partial charge in [0.2, 0.25) is 23.6 Å². The van der Waals surface area contributed by atoms with Crippen molar-refractivity contribution in [2.24, 2.45) is 17.4 Å². The molecule has 0 saturated carbocycles. The summed E-state index contributed by atoms with van der Waals surface area (Å²) in [7, 11) is 0. The molecule has 28 heavy (non-hydrogen) atoms. The topological polar surface area (TPSA) is 214 Å². The summed E-state index contributed by atoms with van der Waals surface area (Å²) in [4.78, 5) is 58.4. The van der Waals surface area contributed by atoms with E-state index in [-0.39, 0.29) is 18.8 Å². The minimum Gasteiger partial charge on any atom is -0.480 e. The predicted molar refractivity (Wildman–Crippen MR) is 97.5 cm³/mol. The molecule has 4 atom stereocenters. The third kappa shape index (κ3) is 9.28. The van der Waals surface area contributed by atoms with Gasteiger partial charge in [0.15, 0.2) is 0 Å². The summed E-state index contributed by atoms with van der Waals surface area (Å²) < 4.78 is 0. The van der Waals surface area contributed by atoms with E-state index in [9.17, 15) is 24.0 Å². The van der Waals surface area contributed by atoms with Crippen LogP contribution >= 0.6 is 0 Å². The number of nitrogens with two attached hydrogens (primary N) is 2. The number of carboxylic acid groups (broad SMARTS) is 1. The van der Waals surface area contributed by atoms with Crippen molar-refractivity contribution in [3.8, 4) is 0 Å². The fourth-order valence-electron chi connectivity index (χ4n) is 2.15. The van der Waals surface area contributed by atoms with Crippen molar-refractivity contribution in [3.63, 3.8) is 0 Å². The van der Waals surface area contributed by atoms with Crippen molar-refractivity contribution in [3.05, 3.63) is 0 Å².